The van der Waals surface area contributed by atoms with E-state index in [9.17, 15) is 14.4 Å². The number of guanidine groups is 1. The van der Waals surface area contributed by atoms with Crippen molar-refractivity contribution < 1.29 is 14.4 Å². The van der Waals surface area contributed by atoms with Crippen LogP contribution in [-0.2, 0) is 9.59 Å². The first-order valence-electron chi connectivity index (χ1n) is 16.6. The van der Waals surface area contributed by atoms with Crippen molar-refractivity contribution in [2.75, 3.05) is 26.2 Å². The minimum atomic E-state index is -0.482. The molecular weight excluding hydrogens is 578 g/mol. The molecule has 1 aliphatic heterocycles. The molecule has 7 N–H and O–H groups in total. The number of rotatable bonds is 12. The maximum Gasteiger partial charge on any atom is 0.251 e. The highest BCUT2D eigenvalue weighted by atomic mass is 16.2. The first-order chi connectivity index (χ1) is 22.4. The van der Waals surface area contributed by atoms with Gasteiger partial charge in [0.25, 0.3) is 5.91 Å². The molecule has 3 aromatic carbocycles. The van der Waals surface area contributed by atoms with Crippen LogP contribution < -0.4 is 27.0 Å². The average molecular weight is 626 g/mol. The van der Waals surface area contributed by atoms with Crippen molar-refractivity contribution in [3.63, 3.8) is 0 Å². The number of benzene rings is 3. The molecule has 0 radical (unpaired) electrons. The highest BCUT2D eigenvalue weighted by Crippen LogP contribution is 2.26. The lowest BCUT2D eigenvalue weighted by Gasteiger charge is -2.31. The zero-order chi connectivity index (χ0) is 32.3. The number of nitrogens with zero attached hydrogens (tertiary/aromatic N) is 1. The summed E-state index contributed by atoms with van der Waals surface area (Å²) < 4.78 is 0. The molecule has 244 valence electrons. The normalized spacial score (nSPS) is 19.7. The quantitative estimate of drug-likeness (QED) is 0.102. The van der Waals surface area contributed by atoms with Crippen LogP contribution in [0.15, 0.2) is 72.8 Å². The standard InChI is InChI=1S/C36H47N7O3/c37-36(38)39-20-9-16-31-35(46)43(24-32(26-11-3-1-4-12-26)42-34(45)27-13-5-2-6-14-27)21-19-30(41-31)23-40-33(44)29-18-17-25-10-7-8-15-28(25)22-29/h1,3-4,7-8,10-12,15,17-18,22,27,30-32,41H,2,5-6,9,13-14,16,19-21,23-24H2,(H,40,44)(H,42,45)(H4,37,38,39)/t30-,31-,32+/m0/s1. The summed E-state index contributed by atoms with van der Waals surface area (Å²) in [5.41, 5.74) is 7.03. The van der Waals surface area contributed by atoms with Gasteiger partial charge < -0.3 is 31.9 Å². The maximum absolute atomic E-state index is 14.0. The van der Waals surface area contributed by atoms with Gasteiger partial charge >= 0.3 is 0 Å². The van der Waals surface area contributed by atoms with Gasteiger partial charge in [0, 0.05) is 43.7 Å². The zero-order valence-electron chi connectivity index (χ0n) is 26.5. The number of carbonyl (C=O) groups excluding carboxylic acids is 3. The van der Waals surface area contributed by atoms with Gasteiger partial charge in [0.2, 0.25) is 11.8 Å². The molecule has 0 aromatic heterocycles. The number of carbonyl (C=O) groups is 3. The van der Waals surface area contributed by atoms with E-state index in [4.69, 9.17) is 11.1 Å². The Hall–Kier alpha value is -4.44. The van der Waals surface area contributed by atoms with E-state index in [1.54, 1.807) is 0 Å². The molecule has 2 fully saturated rings. The number of nitrogens with two attached hydrogens (primary N) is 1. The molecule has 10 nitrogen and oxygen atoms in total. The molecule has 5 rings (SSSR count). The molecule has 1 saturated heterocycles. The number of amides is 3. The monoisotopic (exact) mass is 625 g/mol. The summed E-state index contributed by atoms with van der Waals surface area (Å²) in [7, 11) is 0. The first-order valence-corrected chi connectivity index (χ1v) is 16.6. The fourth-order valence-corrected chi connectivity index (χ4v) is 6.60. The molecule has 46 heavy (non-hydrogen) atoms. The van der Waals surface area contributed by atoms with Crippen LogP contribution >= 0.6 is 0 Å². The van der Waals surface area contributed by atoms with Crippen LogP contribution in [0.1, 0.15) is 73.3 Å². The number of hydrogen-bond donors (Lipinski definition) is 6. The van der Waals surface area contributed by atoms with Crippen molar-refractivity contribution in [1.29, 1.82) is 5.41 Å². The summed E-state index contributed by atoms with van der Waals surface area (Å²) in [5, 5.41) is 22.3. The summed E-state index contributed by atoms with van der Waals surface area (Å²) in [5.74, 6) is -0.208. The Balaban J connectivity index is 1.28. The van der Waals surface area contributed by atoms with Gasteiger partial charge in [-0.3, -0.25) is 19.8 Å². The highest BCUT2D eigenvalue weighted by molar-refractivity contribution is 5.98. The van der Waals surface area contributed by atoms with Crippen molar-refractivity contribution in [3.05, 3.63) is 83.9 Å². The number of fused-ring (bicyclic) bond motifs is 1. The second-order valence-electron chi connectivity index (χ2n) is 12.6. The van der Waals surface area contributed by atoms with Crippen molar-refractivity contribution in [3.8, 4) is 0 Å². The van der Waals surface area contributed by atoms with Gasteiger partial charge in [-0.05, 0) is 60.6 Å². The van der Waals surface area contributed by atoms with Crippen LogP contribution in [0.3, 0.4) is 0 Å². The summed E-state index contributed by atoms with van der Waals surface area (Å²) >= 11 is 0. The third kappa shape index (κ3) is 9.06. The van der Waals surface area contributed by atoms with Crippen molar-refractivity contribution >= 4 is 34.5 Å². The zero-order valence-corrected chi connectivity index (χ0v) is 26.5. The van der Waals surface area contributed by atoms with E-state index >= 15 is 0 Å². The lowest BCUT2D eigenvalue weighted by atomic mass is 9.88. The molecule has 0 bridgehead atoms. The van der Waals surface area contributed by atoms with Crippen LogP contribution in [0.2, 0.25) is 0 Å². The minimum Gasteiger partial charge on any atom is -0.370 e. The van der Waals surface area contributed by atoms with E-state index in [0.29, 0.717) is 51.0 Å². The van der Waals surface area contributed by atoms with Crippen molar-refractivity contribution in [1.82, 2.24) is 26.2 Å². The second-order valence-corrected chi connectivity index (χ2v) is 12.6. The summed E-state index contributed by atoms with van der Waals surface area (Å²) in [6, 6.07) is 22.6. The minimum absolute atomic E-state index is 0.0126. The molecule has 3 atom stereocenters. The molecule has 0 spiro atoms. The predicted molar refractivity (Wildman–Crippen MR) is 181 cm³/mol. The Bertz CT molecular complexity index is 1490. The van der Waals surface area contributed by atoms with Gasteiger partial charge in [-0.25, -0.2) is 0 Å². The van der Waals surface area contributed by atoms with Crippen LogP contribution in [-0.4, -0.2) is 66.8 Å². The van der Waals surface area contributed by atoms with Gasteiger partial charge in [-0.15, -0.1) is 0 Å². The SMILES string of the molecule is N=C(N)NCCC[C@@H]1N[C@H](CNC(=O)c2ccc3ccccc3c2)CCN(C[C@@H](NC(=O)C2CCCCC2)c2ccccc2)C1=O. The molecule has 1 heterocycles. The Morgan fingerprint density at radius 2 is 1.67 bits per heavy atom. The fraction of sp³-hybridized carbons (Fsp3) is 0.444. The third-order valence-corrected chi connectivity index (χ3v) is 9.20. The van der Waals surface area contributed by atoms with Gasteiger partial charge in [0.05, 0.1) is 12.1 Å². The van der Waals surface area contributed by atoms with E-state index < -0.39 is 6.04 Å². The smallest absolute Gasteiger partial charge is 0.251 e. The Kier molecular flexibility index (Phi) is 11.6. The molecule has 2 aliphatic rings. The van der Waals surface area contributed by atoms with E-state index in [1.165, 1.54) is 6.42 Å². The van der Waals surface area contributed by atoms with E-state index in [1.807, 2.05) is 77.7 Å². The predicted octanol–water partition coefficient (Wildman–Crippen LogP) is 3.83. The molecule has 10 heteroatoms. The van der Waals surface area contributed by atoms with Crippen LogP contribution in [0.4, 0.5) is 0 Å². The molecular formula is C36H47N7O3. The van der Waals surface area contributed by atoms with Crippen molar-refractivity contribution in [2.45, 2.75) is 69.5 Å². The first kappa shape index (κ1) is 32.9. The van der Waals surface area contributed by atoms with Crippen molar-refractivity contribution in [2.24, 2.45) is 11.7 Å². The lowest BCUT2D eigenvalue weighted by Crippen LogP contribution is -2.50. The molecule has 1 aliphatic carbocycles. The second kappa shape index (κ2) is 16.2. The third-order valence-electron chi connectivity index (χ3n) is 9.20. The molecule has 3 aromatic rings. The van der Waals surface area contributed by atoms with Crippen LogP contribution in [0.5, 0.6) is 0 Å². The fourth-order valence-electron chi connectivity index (χ4n) is 6.60. The lowest BCUT2D eigenvalue weighted by molar-refractivity contribution is -0.134. The number of nitrogens with one attached hydrogen (secondary N) is 5. The highest BCUT2D eigenvalue weighted by Gasteiger charge is 2.33. The average Bonchev–Trinajstić information content (AvgIpc) is 3.23. The largest absolute Gasteiger partial charge is 0.370 e. The van der Waals surface area contributed by atoms with Gasteiger partial charge in [0.15, 0.2) is 5.96 Å². The Morgan fingerprint density at radius 1 is 0.935 bits per heavy atom. The van der Waals surface area contributed by atoms with E-state index in [2.05, 4.69) is 21.3 Å². The van der Waals surface area contributed by atoms with Gasteiger partial charge in [-0.1, -0.05) is 79.9 Å². The Morgan fingerprint density at radius 3 is 2.43 bits per heavy atom. The molecule has 0 unspecified atom stereocenters. The Labute approximate surface area is 271 Å². The maximum atomic E-state index is 14.0. The van der Waals surface area contributed by atoms with Gasteiger partial charge in [-0.2, -0.15) is 0 Å². The van der Waals surface area contributed by atoms with Gasteiger partial charge in [0.1, 0.15) is 0 Å². The summed E-state index contributed by atoms with van der Waals surface area (Å²) in [6.45, 7) is 1.71. The molecule has 1 saturated carbocycles. The molecule has 3 amide bonds. The topological polar surface area (TPSA) is 152 Å². The van der Waals surface area contributed by atoms with E-state index in [-0.39, 0.29) is 41.7 Å². The number of hydrogen-bond acceptors (Lipinski definition) is 5. The summed E-state index contributed by atoms with van der Waals surface area (Å²) in [6.07, 6.45) is 6.94. The van der Waals surface area contributed by atoms with E-state index in [0.717, 1.165) is 42.0 Å². The van der Waals surface area contributed by atoms with Crippen LogP contribution in [0.25, 0.3) is 10.8 Å². The summed E-state index contributed by atoms with van der Waals surface area (Å²) in [4.78, 5) is 42.4. The van der Waals surface area contributed by atoms with Crippen LogP contribution in [0, 0.1) is 11.3 Å².